The molecule has 0 aliphatic carbocycles. The molecule has 0 amide bonds. The van der Waals surface area contributed by atoms with Gasteiger partial charge in [0.2, 0.25) is 21.8 Å². The smallest absolute Gasteiger partial charge is 0.240 e. The van der Waals surface area contributed by atoms with Crippen LogP contribution in [0.25, 0.3) is 0 Å². The lowest BCUT2D eigenvalue weighted by atomic mass is 10.1. The van der Waals surface area contributed by atoms with E-state index in [9.17, 15) is 8.42 Å². The fourth-order valence-corrected chi connectivity index (χ4v) is 2.91. The van der Waals surface area contributed by atoms with Gasteiger partial charge in [-0.05, 0) is 38.6 Å². The van der Waals surface area contributed by atoms with Crippen LogP contribution < -0.4 is 10.0 Å². The lowest BCUT2D eigenvalue weighted by Gasteiger charge is -2.18. The fourth-order valence-electron chi connectivity index (χ4n) is 2.18. The summed E-state index contributed by atoms with van der Waals surface area (Å²) in [7, 11) is -2.02. The molecule has 0 fully saturated rings. The monoisotopic (exact) mass is 338 g/mol. The number of hydrogen-bond acceptors (Lipinski definition) is 6. The van der Waals surface area contributed by atoms with E-state index in [1.54, 1.807) is 24.3 Å². The Balaban J connectivity index is 2.07. The van der Waals surface area contributed by atoms with Crippen LogP contribution in [0.1, 0.15) is 50.2 Å². The van der Waals surface area contributed by atoms with Gasteiger partial charge in [-0.2, -0.15) is 0 Å². The number of rotatable bonds is 7. The molecule has 8 heteroatoms. The van der Waals surface area contributed by atoms with Crippen LogP contribution in [0.4, 0.5) is 0 Å². The third-order valence-corrected chi connectivity index (χ3v) is 5.04. The third kappa shape index (κ3) is 4.15. The van der Waals surface area contributed by atoms with Gasteiger partial charge in [-0.25, -0.2) is 13.1 Å². The normalized spacial score (nSPS) is 14.6. The number of hydrogen-bond donors (Lipinski definition) is 2. The number of sulfonamides is 1. The standard InChI is InChI=1S/C15H22N4O3S/c1-5-14-18-19-15(22-14)11(3)17-10(2)12-6-8-13(9-7-12)23(20,21)16-4/h6-11,16-17H,5H2,1-4H3/t10-,11+/m0/s1. The van der Waals surface area contributed by atoms with Gasteiger partial charge in [0.15, 0.2) is 0 Å². The van der Waals surface area contributed by atoms with E-state index in [2.05, 4.69) is 20.2 Å². The van der Waals surface area contributed by atoms with Gasteiger partial charge in [0.1, 0.15) is 0 Å². The van der Waals surface area contributed by atoms with Gasteiger partial charge in [0, 0.05) is 12.5 Å². The highest BCUT2D eigenvalue weighted by Crippen LogP contribution is 2.20. The van der Waals surface area contributed by atoms with Crippen molar-refractivity contribution in [3.05, 3.63) is 41.6 Å². The predicted octanol–water partition coefficient (Wildman–Crippen LogP) is 1.95. The zero-order valence-electron chi connectivity index (χ0n) is 13.7. The Labute approximate surface area is 136 Å². The van der Waals surface area contributed by atoms with E-state index in [1.807, 2.05) is 20.8 Å². The van der Waals surface area contributed by atoms with Crippen molar-refractivity contribution in [1.82, 2.24) is 20.2 Å². The van der Waals surface area contributed by atoms with Crippen LogP contribution in [0.15, 0.2) is 33.6 Å². The van der Waals surface area contributed by atoms with E-state index in [0.29, 0.717) is 18.2 Å². The number of nitrogens with one attached hydrogen (secondary N) is 2. The molecule has 1 heterocycles. The molecule has 2 atom stereocenters. The first-order valence-corrected chi connectivity index (χ1v) is 8.97. The first-order valence-electron chi connectivity index (χ1n) is 7.49. The summed E-state index contributed by atoms with van der Waals surface area (Å²) in [5.74, 6) is 1.16. The average Bonchev–Trinajstić information content (AvgIpc) is 3.04. The van der Waals surface area contributed by atoms with Crippen LogP contribution in [0.3, 0.4) is 0 Å². The van der Waals surface area contributed by atoms with E-state index in [1.165, 1.54) is 7.05 Å². The van der Waals surface area contributed by atoms with Crippen molar-refractivity contribution < 1.29 is 12.8 Å². The fraction of sp³-hybridized carbons (Fsp3) is 0.467. The van der Waals surface area contributed by atoms with Crippen molar-refractivity contribution in [1.29, 1.82) is 0 Å². The maximum Gasteiger partial charge on any atom is 0.240 e. The molecule has 7 nitrogen and oxygen atoms in total. The molecule has 126 valence electrons. The molecule has 0 aliphatic rings. The molecular weight excluding hydrogens is 316 g/mol. The quantitative estimate of drug-likeness (QED) is 0.801. The summed E-state index contributed by atoms with van der Waals surface area (Å²) in [5, 5.41) is 11.3. The number of aryl methyl sites for hydroxylation is 1. The molecule has 0 unspecified atom stereocenters. The second-order valence-corrected chi connectivity index (χ2v) is 7.16. The van der Waals surface area contributed by atoms with Crippen molar-refractivity contribution in [2.24, 2.45) is 0 Å². The van der Waals surface area contributed by atoms with Crippen molar-refractivity contribution in [3.8, 4) is 0 Å². The van der Waals surface area contributed by atoms with E-state index >= 15 is 0 Å². The number of nitrogens with zero attached hydrogens (tertiary/aromatic N) is 2. The second-order valence-electron chi connectivity index (χ2n) is 5.27. The zero-order valence-corrected chi connectivity index (χ0v) is 14.5. The second kappa shape index (κ2) is 7.20. The van der Waals surface area contributed by atoms with Crippen LogP contribution in [-0.4, -0.2) is 25.7 Å². The minimum atomic E-state index is -3.41. The van der Waals surface area contributed by atoms with Crippen molar-refractivity contribution >= 4 is 10.0 Å². The third-order valence-electron chi connectivity index (χ3n) is 3.61. The average molecular weight is 338 g/mol. The minimum absolute atomic E-state index is 0.00770. The highest BCUT2D eigenvalue weighted by molar-refractivity contribution is 7.89. The van der Waals surface area contributed by atoms with E-state index in [4.69, 9.17) is 4.42 Å². The summed E-state index contributed by atoms with van der Waals surface area (Å²) in [4.78, 5) is 0.244. The van der Waals surface area contributed by atoms with Gasteiger partial charge in [-0.1, -0.05) is 19.1 Å². The largest absolute Gasteiger partial charge is 0.424 e. The Kier molecular flexibility index (Phi) is 5.51. The number of benzene rings is 1. The molecule has 0 bridgehead atoms. The Hall–Kier alpha value is -1.77. The van der Waals surface area contributed by atoms with Gasteiger partial charge >= 0.3 is 0 Å². The highest BCUT2D eigenvalue weighted by Gasteiger charge is 2.17. The Morgan fingerprint density at radius 2 is 1.78 bits per heavy atom. The summed E-state index contributed by atoms with van der Waals surface area (Å²) < 4.78 is 31.3. The summed E-state index contributed by atoms with van der Waals surface area (Å²) in [6, 6.07) is 6.67. The predicted molar refractivity (Wildman–Crippen MR) is 86.3 cm³/mol. The van der Waals surface area contributed by atoms with Gasteiger partial charge in [-0.15, -0.1) is 10.2 Å². The van der Waals surface area contributed by atoms with Gasteiger partial charge in [-0.3, -0.25) is 5.32 Å². The van der Waals surface area contributed by atoms with Gasteiger partial charge in [0.05, 0.1) is 10.9 Å². The topological polar surface area (TPSA) is 97.1 Å². The van der Waals surface area contributed by atoms with Crippen LogP contribution >= 0.6 is 0 Å². The van der Waals surface area contributed by atoms with E-state index in [-0.39, 0.29) is 17.0 Å². The molecule has 2 rings (SSSR count). The molecule has 0 aliphatic heterocycles. The maximum absolute atomic E-state index is 11.7. The Morgan fingerprint density at radius 1 is 1.13 bits per heavy atom. The van der Waals surface area contributed by atoms with Crippen molar-refractivity contribution in [3.63, 3.8) is 0 Å². The molecule has 0 saturated heterocycles. The zero-order chi connectivity index (χ0) is 17.0. The van der Waals surface area contributed by atoms with Crippen molar-refractivity contribution in [2.75, 3.05) is 7.05 Å². The maximum atomic E-state index is 11.7. The highest BCUT2D eigenvalue weighted by atomic mass is 32.2. The van der Waals surface area contributed by atoms with Crippen LogP contribution in [0.5, 0.6) is 0 Å². The SMILES string of the molecule is CCc1nnc([C@@H](C)N[C@@H](C)c2ccc(S(=O)(=O)NC)cc2)o1. The van der Waals surface area contributed by atoms with Crippen LogP contribution in [0, 0.1) is 0 Å². The van der Waals surface area contributed by atoms with Gasteiger partial charge < -0.3 is 4.42 Å². The molecule has 2 aromatic rings. The molecule has 1 aromatic heterocycles. The summed E-state index contributed by atoms with van der Waals surface area (Å²) in [6.07, 6.45) is 0.705. The Bertz CT molecular complexity index is 740. The summed E-state index contributed by atoms with van der Waals surface area (Å²) in [5.41, 5.74) is 0.974. The van der Waals surface area contributed by atoms with E-state index < -0.39 is 10.0 Å². The molecule has 0 saturated carbocycles. The first kappa shape index (κ1) is 17.6. The molecule has 0 spiro atoms. The molecular formula is C15H22N4O3S. The Morgan fingerprint density at radius 3 is 2.30 bits per heavy atom. The molecule has 2 N–H and O–H groups in total. The summed E-state index contributed by atoms with van der Waals surface area (Å²) in [6.45, 7) is 5.90. The molecule has 1 aromatic carbocycles. The van der Waals surface area contributed by atoms with Crippen molar-refractivity contribution in [2.45, 2.75) is 44.2 Å². The summed E-state index contributed by atoms with van der Waals surface area (Å²) >= 11 is 0. The minimum Gasteiger partial charge on any atom is -0.424 e. The van der Waals surface area contributed by atoms with Gasteiger partial charge in [0.25, 0.3) is 0 Å². The van der Waals surface area contributed by atoms with Crippen LogP contribution in [0.2, 0.25) is 0 Å². The first-order chi connectivity index (χ1) is 10.9. The lowest BCUT2D eigenvalue weighted by molar-refractivity contribution is 0.374. The van der Waals surface area contributed by atoms with E-state index in [0.717, 1.165) is 5.56 Å². The van der Waals surface area contributed by atoms with Crippen LogP contribution in [-0.2, 0) is 16.4 Å². The molecule has 23 heavy (non-hydrogen) atoms. The molecule has 0 radical (unpaired) electrons. The lowest BCUT2D eigenvalue weighted by Crippen LogP contribution is -2.23. The number of aromatic nitrogens is 2.